The second-order valence-corrected chi connectivity index (χ2v) is 8.68. The van der Waals surface area contributed by atoms with Gasteiger partial charge in [-0.1, -0.05) is 6.92 Å². The van der Waals surface area contributed by atoms with Crippen LogP contribution in [0.25, 0.3) is 0 Å². The first-order valence-corrected chi connectivity index (χ1v) is 9.62. The Morgan fingerprint density at radius 3 is 2.60 bits per heavy atom. The van der Waals surface area contributed by atoms with Gasteiger partial charge < -0.3 is 4.90 Å². The smallest absolute Gasteiger partial charge is 0.264 e. The molecule has 0 N–H and O–H groups in total. The summed E-state index contributed by atoms with van der Waals surface area (Å²) in [6.07, 6.45) is 1.48. The molecule has 20 heavy (non-hydrogen) atoms. The second-order valence-electron chi connectivity index (χ2n) is 5.19. The predicted octanol–water partition coefficient (Wildman–Crippen LogP) is 2.27. The van der Waals surface area contributed by atoms with E-state index < -0.39 is 9.84 Å². The number of sulfone groups is 1. The SMILES string of the molecule is CCc1cc(C(=O)N(CC)[C@H]2CCS(=O)(=O)C2)sc1C. The molecule has 2 heterocycles. The monoisotopic (exact) mass is 315 g/mol. The lowest BCUT2D eigenvalue weighted by Crippen LogP contribution is -2.40. The fourth-order valence-corrected chi connectivity index (χ4v) is 5.51. The molecule has 1 aliphatic rings. The summed E-state index contributed by atoms with van der Waals surface area (Å²) in [4.78, 5) is 16.2. The van der Waals surface area contributed by atoms with Crippen molar-refractivity contribution in [2.45, 2.75) is 39.7 Å². The van der Waals surface area contributed by atoms with Crippen LogP contribution in [-0.4, -0.2) is 43.3 Å². The van der Waals surface area contributed by atoms with Crippen molar-refractivity contribution in [3.05, 3.63) is 21.4 Å². The van der Waals surface area contributed by atoms with Crippen molar-refractivity contribution in [3.8, 4) is 0 Å². The van der Waals surface area contributed by atoms with Crippen molar-refractivity contribution in [1.29, 1.82) is 0 Å². The molecule has 0 spiro atoms. The average Bonchev–Trinajstić information content (AvgIpc) is 2.93. The molecule has 0 bridgehead atoms. The zero-order valence-corrected chi connectivity index (χ0v) is 13.8. The maximum absolute atomic E-state index is 12.6. The second kappa shape index (κ2) is 5.85. The first kappa shape index (κ1) is 15.5. The summed E-state index contributed by atoms with van der Waals surface area (Å²) in [5, 5.41) is 0. The van der Waals surface area contributed by atoms with E-state index in [4.69, 9.17) is 0 Å². The molecule has 0 aliphatic carbocycles. The number of thiophene rings is 1. The highest BCUT2D eigenvalue weighted by molar-refractivity contribution is 7.91. The van der Waals surface area contributed by atoms with Gasteiger partial charge in [-0.05, 0) is 38.3 Å². The van der Waals surface area contributed by atoms with Gasteiger partial charge in [-0.3, -0.25) is 4.79 Å². The van der Waals surface area contributed by atoms with Crippen LogP contribution in [0.3, 0.4) is 0 Å². The van der Waals surface area contributed by atoms with Crippen LogP contribution in [-0.2, 0) is 16.3 Å². The van der Waals surface area contributed by atoms with Crippen molar-refractivity contribution < 1.29 is 13.2 Å². The molecule has 2 rings (SSSR count). The Kier molecular flexibility index (Phi) is 4.54. The maximum atomic E-state index is 12.6. The molecular formula is C14H21NO3S2. The number of carbonyl (C=O) groups excluding carboxylic acids is 1. The summed E-state index contributed by atoms with van der Waals surface area (Å²) >= 11 is 1.51. The number of nitrogens with zero attached hydrogens (tertiary/aromatic N) is 1. The first-order valence-electron chi connectivity index (χ1n) is 6.98. The molecule has 1 saturated heterocycles. The van der Waals surface area contributed by atoms with Gasteiger partial charge in [-0.15, -0.1) is 11.3 Å². The van der Waals surface area contributed by atoms with E-state index in [0.29, 0.717) is 13.0 Å². The number of aryl methyl sites for hydroxylation is 2. The molecular weight excluding hydrogens is 294 g/mol. The van der Waals surface area contributed by atoms with Crippen LogP contribution in [0.4, 0.5) is 0 Å². The Balaban J connectivity index is 2.21. The summed E-state index contributed by atoms with van der Waals surface area (Å²) in [6, 6.07) is 1.79. The minimum absolute atomic E-state index is 0.0256. The zero-order valence-electron chi connectivity index (χ0n) is 12.2. The van der Waals surface area contributed by atoms with Crippen LogP contribution < -0.4 is 0 Å². The molecule has 1 aromatic heterocycles. The molecule has 6 heteroatoms. The molecule has 1 aliphatic heterocycles. The Bertz CT molecular complexity index is 604. The van der Waals surface area contributed by atoms with E-state index in [1.54, 1.807) is 4.90 Å². The average molecular weight is 315 g/mol. The zero-order chi connectivity index (χ0) is 14.9. The van der Waals surface area contributed by atoms with Gasteiger partial charge in [0, 0.05) is 17.5 Å². The molecule has 1 atom stereocenters. The minimum atomic E-state index is -2.96. The molecule has 0 radical (unpaired) electrons. The van der Waals surface area contributed by atoms with E-state index in [1.807, 2.05) is 19.9 Å². The van der Waals surface area contributed by atoms with E-state index in [1.165, 1.54) is 21.8 Å². The summed E-state index contributed by atoms with van der Waals surface area (Å²) < 4.78 is 23.2. The number of hydrogen-bond acceptors (Lipinski definition) is 4. The summed E-state index contributed by atoms with van der Waals surface area (Å²) in [5.74, 6) is 0.283. The van der Waals surface area contributed by atoms with Crippen LogP contribution in [0.15, 0.2) is 6.07 Å². The van der Waals surface area contributed by atoms with Gasteiger partial charge in [-0.2, -0.15) is 0 Å². The highest BCUT2D eigenvalue weighted by Gasteiger charge is 2.34. The molecule has 0 saturated carbocycles. The molecule has 112 valence electrons. The van der Waals surface area contributed by atoms with Crippen molar-refractivity contribution in [2.24, 2.45) is 0 Å². The van der Waals surface area contributed by atoms with Crippen molar-refractivity contribution in [1.82, 2.24) is 4.90 Å². The molecule has 1 fully saturated rings. The Labute approximate surface area is 124 Å². The highest BCUT2D eigenvalue weighted by atomic mass is 32.2. The third-order valence-electron chi connectivity index (χ3n) is 3.86. The van der Waals surface area contributed by atoms with E-state index >= 15 is 0 Å². The fourth-order valence-electron chi connectivity index (χ4n) is 2.71. The van der Waals surface area contributed by atoms with Crippen molar-refractivity contribution in [3.63, 3.8) is 0 Å². The lowest BCUT2D eigenvalue weighted by Gasteiger charge is -2.26. The van der Waals surface area contributed by atoms with Crippen LogP contribution in [0.2, 0.25) is 0 Å². The number of hydrogen-bond donors (Lipinski definition) is 0. The van der Waals surface area contributed by atoms with Gasteiger partial charge in [-0.25, -0.2) is 8.42 Å². The third-order valence-corrected chi connectivity index (χ3v) is 6.69. The largest absolute Gasteiger partial charge is 0.334 e. The molecule has 1 aromatic rings. The Morgan fingerprint density at radius 2 is 2.15 bits per heavy atom. The van der Waals surface area contributed by atoms with Crippen molar-refractivity contribution >= 4 is 27.1 Å². The van der Waals surface area contributed by atoms with Crippen LogP contribution in [0.1, 0.15) is 40.4 Å². The lowest BCUT2D eigenvalue weighted by molar-refractivity contribution is 0.0713. The molecule has 0 unspecified atom stereocenters. The number of carbonyl (C=O) groups is 1. The first-order chi connectivity index (χ1) is 9.38. The summed E-state index contributed by atoms with van der Waals surface area (Å²) in [5.41, 5.74) is 1.20. The van der Waals surface area contributed by atoms with Gasteiger partial charge in [0.15, 0.2) is 9.84 Å². The van der Waals surface area contributed by atoms with Gasteiger partial charge in [0.05, 0.1) is 16.4 Å². The van der Waals surface area contributed by atoms with Gasteiger partial charge >= 0.3 is 0 Å². The topological polar surface area (TPSA) is 54.5 Å². The maximum Gasteiger partial charge on any atom is 0.264 e. The Morgan fingerprint density at radius 1 is 1.45 bits per heavy atom. The third kappa shape index (κ3) is 3.06. The summed E-state index contributed by atoms with van der Waals surface area (Å²) in [7, 11) is -2.96. The van der Waals surface area contributed by atoms with E-state index in [0.717, 1.165) is 11.3 Å². The number of rotatable bonds is 4. The van der Waals surface area contributed by atoms with Gasteiger partial charge in [0.2, 0.25) is 0 Å². The Hall–Kier alpha value is -0.880. The molecule has 4 nitrogen and oxygen atoms in total. The van der Waals surface area contributed by atoms with Crippen LogP contribution >= 0.6 is 11.3 Å². The van der Waals surface area contributed by atoms with Gasteiger partial charge in [0.1, 0.15) is 0 Å². The molecule has 1 amide bonds. The minimum Gasteiger partial charge on any atom is -0.334 e. The highest BCUT2D eigenvalue weighted by Crippen LogP contribution is 2.26. The van der Waals surface area contributed by atoms with Crippen LogP contribution in [0, 0.1) is 6.92 Å². The van der Waals surface area contributed by atoms with Crippen molar-refractivity contribution in [2.75, 3.05) is 18.1 Å². The lowest BCUT2D eigenvalue weighted by atomic mass is 10.2. The predicted molar refractivity (Wildman–Crippen MR) is 82.2 cm³/mol. The van der Waals surface area contributed by atoms with Gasteiger partial charge in [0.25, 0.3) is 5.91 Å². The van der Waals surface area contributed by atoms with E-state index in [2.05, 4.69) is 6.92 Å². The summed E-state index contributed by atoms with van der Waals surface area (Å²) in [6.45, 7) is 6.56. The van der Waals surface area contributed by atoms with Crippen LogP contribution in [0.5, 0.6) is 0 Å². The number of amides is 1. The fraction of sp³-hybridized carbons (Fsp3) is 0.643. The standard InChI is InChI=1S/C14H21NO3S2/c1-4-11-8-13(19-10(11)3)14(16)15(5-2)12-6-7-20(17,18)9-12/h8,12H,4-7,9H2,1-3H3/t12-/m0/s1. The molecule has 0 aromatic carbocycles. The van der Waals surface area contributed by atoms with E-state index in [9.17, 15) is 13.2 Å². The quantitative estimate of drug-likeness (QED) is 0.856. The van der Waals surface area contributed by atoms with E-state index in [-0.39, 0.29) is 23.5 Å². The normalized spacial score (nSPS) is 21.1.